The highest BCUT2D eigenvalue weighted by atomic mass is 32.2. The Morgan fingerprint density at radius 2 is 2.12 bits per heavy atom. The summed E-state index contributed by atoms with van der Waals surface area (Å²) in [4.78, 5) is 25.0. The van der Waals surface area contributed by atoms with Crippen LogP contribution in [0, 0.1) is 5.92 Å². The number of carboxylic acid groups (broad SMARTS) is 1. The molecule has 0 saturated carbocycles. The second-order valence-corrected chi connectivity index (χ2v) is 6.70. The first-order valence-corrected chi connectivity index (χ1v) is 7.21. The van der Waals surface area contributed by atoms with Crippen molar-refractivity contribution in [1.82, 2.24) is 4.90 Å². The third-order valence-electron chi connectivity index (χ3n) is 3.68. The fraction of sp³-hybridized carbons (Fsp3) is 0.833. The molecular weight excluding hydrogens is 238 g/mol. The van der Waals surface area contributed by atoms with Crippen molar-refractivity contribution < 1.29 is 14.7 Å². The number of carbonyl (C=O) groups is 2. The number of carboxylic acids is 1. The quantitative estimate of drug-likeness (QED) is 0.831. The van der Waals surface area contributed by atoms with Crippen molar-refractivity contribution in [2.45, 2.75) is 50.4 Å². The van der Waals surface area contributed by atoms with E-state index >= 15 is 0 Å². The molecule has 0 aromatic carbocycles. The highest BCUT2D eigenvalue weighted by molar-refractivity contribution is 8.00. The molecular formula is C12H19NO3S. The molecule has 0 aromatic heterocycles. The molecule has 17 heavy (non-hydrogen) atoms. The van der Waals surface area contributed by atoms with E-state index in [1.54, 1.807) is 11.8 Å². The lowest BCUT2D eigenvalue weighted by Crippen LogP contribution is -2.39. The molecule has 2 aliphatic rings. The monoisotopic (exact) mass is 257 g/mol. The summed E-state index contributed by atoms with van der Waals surface area (Å²) in [5.74, 6) is -0.468. The van der Waals surface area contributed by atoms with Crippen molar-refractivity contribution in [2.75, 3.05) is 5.75 Å². The van der Waals surface area contributed by atoms with Gasteiger partial charge in [-0.25, -0.2) is 0 Å². The van der Waals surface area contributed by atoms with Gasteiger partial charge in [-0.1, -0.05) is 13.8 Å². The van der Waals surface area contributed by atoms with Crippen molar-refractivity contribution in [2.24, 2.45) is 5.92 Å². The van der Waals surface area contributed by atoms with Gasteiger partial charge < -0.3 is 10.0 Å². The van der Waals surface area contributed by atoms with Gasteiger partial charge in [-0.15, -0.1) is 11.8 Å². The molecule has 2 aliphatic heterocycles. The summed E-state index contributed by atoms with van der Waals surface area (Å²) >= 11 is 1.63. The molecule has 2 heterocycles. The Kier molecular flexibility index (Phi) is 3.66. The van der Waals surface area contributed by atoms with E-state index in [1.807, 2.05) is 4.90 Å². The first-order valence-electron chi connectivity index (χ1n) is 6.16. The van der Waals surface area contributed by atoms with Gasteiger partial charge in [0.25, 0.3) is 0 Å². The maximum Gasteiger partial charge on any atom is 0.308 e. The second kappa shape index (κ2) is 4.88. The Labute approximate surface area is 106 Å². The first-order chi connectivity index (χ1) is 8.00. The molecule has 96 valence electrons. The van der Waals surface area contributed by atoms with Gasteiger partial charge in [0.15, 0.2) is 0 Å². The molecule has 1 amide bonds. The SMILES string of the molecule is CC(C)SCC(=O)N1C2CCC1C(C(=O)O)C2. The summed E-state index contributed by atoms with van der Waals surface area (Å²) in [7, 11) is 0. The van der Waals surface area contributed by atoms with Gasteiger partial charge in [0.05, 0.1) is 11.7 Å². The van der Waals surface area contributed by atoms with Crippen LogP contribution in [-0.4, -0.2) is 45.0 Å². The van der Waals surface area contributed by atoms with E-state index in [-0.39, 0.29) is 23.9 Å². The standard InChI is InChI=1S/C12H19NO3S/c1-7(2)17-6-11(14)13-8-3-4-10(13)9(5-8)12(15)16/h7-10H,3-6H2,1-2H3,(H,15,16). The van der Waals surface area contributed by atoms with Crippen LogP contribution in [0.2, 0.25) is 0 Å². The largest absolute Gasteiger partial charge is 0.481 e. The highest BCUT2D eigenvalue weighted by Crippen LogP contribution is 2.42. The predicted octanol–water partition coefficient (Wildman–Crippen LogP) is 1.59. The lowest BCUT2D eigenvalue weighted by Gasteiger charge is -2.23. The molecule has 5 heteroatoms. The molecule has 0 aromatic rings. The summed E-state index contributed by atoms with van der Waals surface area (Å²) in [5, 5.41) is 9.55. The topological polar surface area (TPSA) is 57.6 Å². The van der Waals surface area contributed by atoms with Crippen molar-refractivity contribution in [3.8, 4) is 0 Å². The van der Waals surface area contributed by atoms with Crippen LogP contribution in [0.1, 0.15) is 33.1 Å². The third-order valence-corrected chi connectivity index (χ3v) is 4.76. The summed E-state index contributed by atoms with van der Waals surface area (Å²) in [5.41, 5.74) is 0. The van der Waals surface area contributed by atoms with E-state index < -0.39 is 5.97 Å². The van der Waals surface area contributed by atoms with E-state index in [0.717, 1.165) is 12.8 Å². The highest BCUT2D eigenvalue weighted by Gasteiger charge is 2.50. The molecule has 2 bridgehead atoms. The van der Waals surface area contributed by atoms with Gasteiger partial charge in [-0.2, -0.15) is 0 Å². The van der Waals surface area contributed by atoms with Crippen LogP contribution in [-0.2, 0) is 9.59 Å². The van der Waals surface area contributed by atoms with Crippen molar-refractivity contribution in [3.63, 3.8) is 0 Å². The number of rotatable bonds is 4. The summed E-state index contributed by atoms with van der Waals surface area (Å²) in [6.45, 7) is 4.13. The van der Waals surface area contributed by atoms with Crippen LogP contribution >= 0.6 is 11.8 Å². The number of aliphatic carboxylic acids is 1. The summed E-state index contributed by atoms with van der Waals surface area (Å²) in [6.07, 6.45) is 2.49. The van der Waals surface area contributed by atoms with Crippen molar-refractivity contribution in [1.29, 1.82) is 0 Å². The van der Waals surface area contributed by atoms with E-state index in [1.165, 1.54) is 0 Å². The van der Waals surface area contributed by atoms with Gasteiger partial charge in [-0.3, -0.25) is 9.59 Å². The number of hydrogen-bond acceptors (Lipinski definition) is 3. The molecule has 2 saturated heterocycles. The maximum atomic E-state index is 12.1. The predicted molar refractivity (Wildman–Crippen MR) is 67.0 cm³/mol. The van der Waals surface area contributed by atoms with Crippen LogP contribution in [0.4, 0.5) is 0 Å². The Balaban J connectivity index is 1.98. The van der Waals surface area contributed by atoms with E-state index in [4.69, 9.17) is 5.11 Å². The first kappa shape index (κ1) is 12.7. The van der Waals surface area contributed by atoms with Crippen LogP contribution in [0.3, 0.4) is 0 Å². The Bertz CT molecular complexity index is 332. The second-order valence-electron chi connectivity index (χ2n) is 5.14. The zero-order chi connectivity index (χ0) is 12.6. The molecule has 0 spiro atoms. The van der Waals surface area contributed by atoms with Crippen LogP contribution in [0.15, 0.2) is 0 Å². The van der Waals surface area contributed by atoms with Crippen LogP contribution in [0.25, 0.3) is 0 Å². The average Bonchev–Trinajstić information content (AvgIpc) is 2.82. The number of thioether (sulfide) groups is 1. The Hall–Kier alpha value is -0.710. The number of amides is 1. The zero-order valence-electron chi connectivity index (χ0n) is 10.3. The Morgan fingerprint density at radius 3 is 2.65 bits per heavy atom. The molecule has 3 atom stereocenters. The number of hydrogen-bond donors (Lipinski definition) is 1. The zero-order valence-corrected chi connectivity index (χ0v) is 11.1. The van der Waals surface area contributed by atoms with Crippen molar-refractivity contribution in [3.05, 3.63) is 0 Å². The van der Waals surface area contributed by atoms with Crippen molar-refractivity contribution >= 4 is 23.6 Å². The maximum absolute atomic E-state index is 12.1. The van der Waals surface area contributed by atoms with Gasteiger partial charge in [0, 0.05) is 12.1 Å². The van der Waals surface area contributed by atoms with Crippen LogP contribution in [0.5, 0.6) is 0 Å². The van der Waals surface area contributed by atoms with Gasteiger partial charge >= 0.3 is 5.97 Å². The molecule has 0 aliphatic carbocycles. The molecule has 2 rings (SSSR count). The van der Waals surface area contributed by atoms with Crippen LogP contribution < -0.4 is 0 Å². The minimum atomic E-state index is -0.744. The molecule has 4 nitrogen and oxygen atoms in total. The minimum absolute atomic E-state index is 0.0437. The molecule has 0 radical (unpaired) electrons. The van der Waals surface area contributed by atoms with Gasteiger partial charge in [0.1, 0.15) is 0 Å². The number of nitrogens with zero attached hydrogens (tertiary/aromatic N) is 1. The smallest absolute Gasteiger partial charge is 0.308 e. The Morgan fingerprint density at radius 1 is 1.41 bits per heavy atom. The molecule has 1 N–H and O–H groups in total. The number of fused-ring (bicyclic) bond motifs is 2. The fourth-order valence-electron chi connectivity index (χ4n) is 2.96. The minimum Gasteiger partial charge on any atom is -0.481 e. The van der Waals surface area contributed by atoms with Gasteiger partial charge in [-0.05, 0) is 24.5 Å². The lowest BCUT2D eigenvalue weighted by molar-refractivity contribution is -0.143. The van der Waals surface area contributed by atoms with E-state index in [2.05, 4.69) is 13.8 Å². The summed E-state index contributed by atoms with van der Waals surface area (Å²) in [6, 6.07) is 0.138. The van der Waals surface area contributed by atoms with E-state index in [9.17, 15) is 9.59 Å². The normalized spacial score (nSPS) is 31.2. The average molecular weight is 257 g/mol. The number of carbonyl (C=O) groups excluding carboxylic acids is 1. The fourth-order valence-corrected chi connectivity index (χ4v) is 3.58. The third kappa shape index (κ3) is 2.44. The summed E-state index contributed by atoms with van der Waals surface area (Å²) < 4.78 is 0. The molecule has 2 fully saturated rings. The van der Waals surface area contributed by atoms with Gasteiger partial charge in [0.2, 0.25) is 5.91 Å². The molecule has 3 unspecified atom stereocenters. The lowest BCUT2D eigenvalue weighted by atomic mass is 9.89. The van der Waals surface area contributed by atoms with E-state index in [0.29, 0.717) is 17.4 Å².